The summed E-state index contributed by atoms with van der Waals surface area (Å²) in [6, 6.07) is 8.98. The molecule has 0 atom stereocenters. The molecular weight excluding hydrogens is 264 g/mol. The molecule has 6 heteroatoms. The summed E-state index contributed by atoms with van der Waals surface area (Å²) in [5, 5.41) is 8.80. The molecule has 0 N–H and O–H groups in total. The summed E-state index contributed by atoms with van der Waals surface area (Å²) in [6.07, 6.45) is 0.474. The Hall–Kier alpha value is -1.42. The summed E-state index contributed by atoms with van der Waals surface area (Å²) in [5.74, 6) is 0.0648. The van der Waals surface area contributed by atoms with E-state index in [0.717, 1.165) is 5.56 Å². The number of rotatable bonds is 7. The van der Waals surface area contributed by atoms with Crippen molar-refractivity contribution in [2.24, 2.45) is 0 Å². The Morgan fingerprint density at radius 1 is 1.42 bits per heavy atom. The topological polar surface area (TPSA) is 70.4 Å². The van der Waals surface area contributed by atoms with Crippen molar-refractivity contribution < 1.29 is 13.2 Å². The first kappa shape index (κ1) is 15.6. The number of hydrogen-bond acceptors (Lipinski definition) is 4. The largest absolute Gasteiger partial charge is 0.385 e. The summed E-state index contributed by atoms with van der Waals surface area (Å²) in [5.41, 5.74) is 1.33. The lowest BCUT2D eigenvalue weighted by Crippen LogP contribution is -2.29. The predicted molar refractivity (Wildman–Crippen MR) is 72.9 cm³/mol. The normalized spacial score (nSPS) is 11.5. The molecule has 0 bridgehead atoms. The van der Waals surface area contributed by atoms with E-state index in [4.69, 9.17) is 10.00 Å². The first-order valence-corrected chi connectivity index (χ1v) is 7.52. The number of nitrogens with zero attached hydrogens (tertiary/aromatic N) is 2. The predicted octanol–water partition coefficient (Wildman–Crippen LogP) is 1.36. The van der Waals surface area contributed by atoms with Crippen LogP contribution < -0.4 is 0 Å². The third-order valence-corrected chi connectivity index (χ3v) is 4.57. The van der Waals surface area contributed by atoms with Crippen LogP contribution in [0, 0.1) is 11.3 Å². The standard InChI is InChI=1S/C13H18N2O3S/c1-15(19(16,17)8-4-7-18-2)11-13-6-3-5-12(9-13)10-14/h3,5-6,9H,4,7-8,11H2,1-2H3. The lowest BCUT2D eigenvalue weighted by molar-refractivity contribution is 0.199. The molecule has 0 heterocycles. The zero-order chi connectivity index (χ0) is 14.3. The van der Waals surface area contributed by atoms with E-state index >= 15 is 0 Å². The molecule has 0 amide bonds. The van der Waals surface area contributed by atoms with Gasteiger partial charge in [0, 0.05) is 27.3 Å². The third-order valence-electron chi connectivity index (χ3n) is 2.69. The fraction of sp³-hybridized carbons (Fsp3) is 0.462. The molecule has 0 aliphatic heterocycles. The van der Waals surface area contributed by atoms with E-state index in [9.17, 15) is 8.42 Å². The van der Waals surface area contributed by atoms with Crippen LogP contribution in [0.5, 0.6) is 0 Å². The molecule has 1 aromatic carbocycles. The summed E-state index contributed by atoms with van der Waals surface area (Å²) in [6.45, 7) is 0.696. The number of nitriles is 1. The zero-order valence-electron chi connectivity index (χ0n) is 11.2. The van der Waals surface area contributed by atoms with Crippen molar-refractivity contribution in [1.29, 1.82) is 5.26 Å². The maximum atomic E-state index is 12.0. The van der Waals surface area contributed by atoms with Crippen LogP contribution in [0.2, 0.25) is 0 Å². The summed E-state index contributed by atoms with van der Waals surface area (Å²) in [7, 11) is -0.192. The Morgan fingerprint density at radius 2 is 2.16 bits per heavy atom. The van der Waals surface area contributed by atoms with E-state index < -0.39 is 10.0 Å². The Labute approximate surface area is 114 Å². The number of sulfonamides is 1. The Balaban J connectivity index is 2.67. The van der Waals surface area contributed by atoms with Crippen LogP contribution in [0.4, 0.5) is 0 Å². The van der Waals surface area contributed by atoms with Gasteiger partial charge in [0.1, 0.15) is 0 Å². The van der Waals surface area contributed by atoms with Gasteiger partial charge in [0.15, 0.2) is 0 Å². The van der Waals surface area contributed by atoms with E-state index in [0.29, 0.717) is 18.6 Å². The second-order valence-corrected chi connectivity index (χ2v) is 6.43. The highest BCUT2D eigenvalue weighted by atomic mass is 32.2. The molecule has 0 aliphatic carbocycles. The highest BCUT2D eigenvalue weighted by Gasteiger charge is 2.17. The van der Waals surface area contributed by atoms with Crippen LogP contribution in [0.25, 0.3) is 0 Å². The zero-order valence-corrected chi connectivity index (χ0v) is 12.0. The van der Waals surface area contributed by atoms with Crippen LogP contribution in [0.1, 0.15) is 17.5 Å². The molecule has 0 aliphatic rings. The van der Waals surface area contributed by atoms with Gasteiger partial charge in [-0.3, -0.25) is 0 Å². The molecule has 0 aromatic heterocycles. The Morgan fingerprint density at radius 3 is 2.79 bits per heavy atom. The van der Waals surface area contributed by atoms with Gasteiger partial charge < -0.3 is 4.74 Å². The van der Waals surface area contributed by atoms with Crippen molar-refractivity contribution in [3.05, 3.63) is 35.4 Å². The Kier molecular flexibility index (Phi) is 5.96. The van der Waals surface area contributed by atoms with Crippen molar-refractivity contribution in [1.82, 2.24) is 4.31 Å². The van der Waals surface area contributed by atoms with E-state index in [-0.39, 0.29) is 12.3 Å². The Bertz CT molecular complexity index is 549. The summed E-state index contributed by atoms with van der Waals surface area (Å²) < 4.78 is 30.1. The van der Waals surface area contributed by atoms with Crippen molar-refractivity contribution in [2.75, 3.05) is 26.5 Å². The minimum Gasteiger partial charge on any atom is -0.385 e. The highest BCUT2D eigenvalue weighted by Crippen LogP contribution is 2.10. The second kappa shape index (κ2) is 7.24. The molecule has 0 saturated carbocycles. The fourth-order valence-corrected chi connectivity index (χ4v) is 2.78. The molecule has 5 nitrogen and oxygen atoms in total. The molecule has 0 fully saturated rings. The van der Waals surface area contributed by atoms with Crippen LogP contribution in [-0.2, 0) is 21.3 Å². The van der Waals surface area contributed by atoms with Gasteiger partial charge in [-0.1, -0.05) is 12.1 Å². The van der Waals surface area contributed by atoms with E-state index in [2.05, 4.69) is 0 Å². The number of methoxy groups -OCH3 is 1. The first-order valence-electron chi connectivity index (χ1n) is 5.91. The van der Waals surface area contributed by atoms with Crippen LogP contribution in [-0.4, -0.2) is 39.2 Å². The van der Waals surface area contributed by atoms with Crippen LogP contribution in [0.3, 0.4) is 0 Å². The summed E-state index contributed by atoms with van der Waals surface area (Å²) >= 11 is 0. The van der Waals surface area contributed by atoms with E-state index in [1.807, 2.05) is 12.1 Å². The second-order valence-electron chi connectivity index (χ2n) is 4.23. The maximum absolute atomic E-state index is 12.0. The van der Waals surface area contributed by atoms with Gasteiger partial charge in [-0.05, 0) is 24.1 Å². The van der Waals surface area contributed by atoms with Crippen molar-refractivity contribution in [3.63, 3.8) is 0 Å². The maximum Gasteiger partial charge on any atom is 0.214 e. The lowest BCUT2D eigenvalue weighted by atomic mass is 10.1. The van der Waals surface area contributed by atoms with Gasteiger partial charge >= 0.3 is 0 Å². The lowest BCUT2D eigenvalue weighted by Gasteiger charge is -2.17. The van der Waals surface area contributed by atoms with Crippen LogP contribution >= 0.6 is 0 Å². The van der Waals surface area contributed by atoms with Gasteiger partial charge in [-0.25, -0.2) is 12.7 Å². The fourth-order valence-electron chi connectivity index (χ4n) is 1.64. The number of hydrogen-bond donors (Lipinski definition) is 0. The molecule has 1 aromatic rings. The molecule has 0 unspecified atom stereocenters. The minimum atomic E-state index is -3.28. The van der Waals surface area contributed by atoms with Gasteiger partial charge in [0.25, 0.3) is 0 Å². The molecule has 0 spiro atoms. The molecule has 104 valence electrons. The quantitative estimate of drug-likeness (QED) is 0.708. The number of ether oxygens (including phenoxy) is 1. The summed E-state index contributed by atoms with van der Waals surface area (Å²) in [4.78, 5) is 0. The van der Waals surface area contributed by atoms with Crippen molar-refractivity contribution >= 4 is 10.0 Å². The minimum absolute atomic E-state index is 0.0648. The van der Waals surface area contributed by atoms with Gasteiger partial charge in [0.05, 0.1) is 17.4 Å². The average molecular weight is 282 g/mol. The molecular formula is C13H18N2O3S. The van der Waals surface area contributed by atoms with Gasteiger partial charge in [-0.15, -0.1) is 0 Å². The van der Waals surface area contributed by atoms with Gasteiger partial charge in [0.2, 0.25) is 10.0 Å². The monoisotopic (exact) mass is 282 g/mol. The third kappa shape index (κ3) is 4.99. The van der Waals surface area contributed by atoms with Crippen LogP contribution in [0.15, 0.2) is 24.3 Å². The smallest absolute Gasteiger partial charge is 0.214 e. The average Bonchev–Trinajstić information content (AvgIpc) is 2.39. The van der Waals surface area contributed by atoms with Gasteiger partial charge in [-0.2, -0.15) is 5.26 Å². The molecule has 0 saturated heterocycles. The highest BCUT2D eigenvalue weighted by molar-refractivity contribution is 7.89. The molecule has 1 rings (SSSR count). The van der Waals surface area contributed by atoms with E-state index in [1.165, 1.54) is 4.31 Å². The molecule has 19 heavy (non-hydrogen) atoms. The van der Waals surface area contributed by atoms with Crippen molar-refractivity contribution in [2.45, 2.75) is 13.0 Å². The SMILES string of the molecule is COCCCS(=O)(=O)N(C)Cc1cccc(C#N)c1. The van der Waals surface area contributed by atoms with E-state index in [1.54, 1.807) is 32.4 Å². The number of benzene rings is 1. The first-order chi connectivity index (χ1) is 8.99. The van der Waals surface area contributed by atoms with Crippen molar-refractivity contribution in [3.8, 4) is 6.07 Å². The molecule has 0 radical (unpaired) electrons.